The zero-order chi connectivity index (χ0) is 23.4. The van der Waals surface area contributed by atoms with Crippen LogP contribution >= 0.6 is 0 Å². The zero-order valence-electron chi connectivity index (χ0n) is 18.4. The van der Waals surface area contributed by atoms with Crippen molar-refractivity contribution in [3.8, 4) is 11.5 Å². The normalized spacial score (nSPS) is 15.4. The zero-order valence-corrected chi connectivity index (χ0v) is 18.4. The number of amides is 2. The second-order valence-electron chi connectivity index (χ2n) is 7.63. The minimum Gasteiger partial charge on any atom is -0.497 e. The van der Waals surface area contributed by atoms with Crippen LogP contribution in [0.15, 0.2) is 60.7 Å². The first-order chi connectivity index (χ1) is 16.0. The van der Waals surface area contributed by atoms with Gasteiger partial charge in [-0.1, -0.05) is 36.4 Å². The van der Waals surface area contributed by atoms with Crippen LogP contribution in [-0.4, -0.2) is 45.2 Å². The number of methoxy groups -OCH3 is 2. The molecule has 0 bridgehead atoms. The van der Waals surface area contributed by atoms with Gasteiger partial charge < -0.3 is 24.4 Å². The Kier molecular flexibility index (Phi) is 6.44. The van der Waals surface area contributed by atoms with Gasteiger partial charge in [0.2, 0.25) is 5.91 Å². The lowest BCUT2D eigenvalue weighted by molar-refractivity contribution is -0.151. The fourth-order valence-corrected chi connectivity index (χ4v) is 3.88. The number of esters is 1. The van der Waals surface area contributed by atoms with Crippen LogP contribution in [0.5, 0.6) is 11.5 Å². The van der Waals surface area contributed by atoms with Crippen LogP contribution in [0.4, 0.5) is 11.4 Å². The monoisotopic (exact) mass is 448 g/mol. The molecule has 1 fully saturated rings. The van der Waals surface area contributed by atoms with E-state index in [0.717, 1.165) is 16.5 Å². The minimum atomic E-state index is -0.639. The maximum Gasteiger partial charge on any atom is 0.311 e. The molecule has 8 nitrogen and oxygen atoms in total. The molecule has 2 amide bonds. The molecule has 0 unspecified atom stereocenters. The standard InChI is InChI=1S/C25H24N2O6/c1-31-18-10-11-20(22(13-18)32-2)26-23(28)15-33-25(30)17-12-24(29)27(14-17)21-9-5-7-16-6-3-4-8-19(16)21/h3-11,13,17H,12,14-15H2,1-2H3,(H,26,28)/t17-/m1/s1. The Morgan fingerprint density at radius 2 is 1.82 bits per heavy atom. The second kappa shape index (κ2) is 9.60. The lowest BCUT2D eigenvalue weighted by atomic mass is 10.1. The summed E-state index contributed by atoms with van der Waals surface area (Å²) in [6.45, 7) is -0.257. The first-order valence-electron chi connectivity index (χ1n) is 10.5. The topological polar surface area (TPSA) is 94.2 Å². The molecule has 8 heteroatoms. The van der Waals surface area contributed by atoms with Crippen molar-refractivity contribution >= 4 is 39.9 Å². The van der Waals surface area contributed by atoms with E-state index in [2.05, 4.69) is 5.32 Å². The predicted molar refractivity (Wildman–Crippen MR) is 124 cm³/mol. The summed E-state index contributed by atoms with van der Waals surface area (Å²) in [7, 11) is 3.00. The van der Waals surface area contributed by atoms with Crippen LogP contribution < -0.4 is 19.7 Å². The quantitative estimate of drug-likeness (QED) is 0.557. The molecule has 170 valence electrons. The van der Waals surface area contributed by atoms with Crippen LogP contribution in [-0.2, 0) is 19.1 Å². The molecule has 0 radical (unpaired) electrons. The molecular formula is C25H24N2O6. The maximum absolute atomic E-state index is 12.7. The molecule has 3 aromatic carbocycles. The molecule has 1 saturated heterocycles. The van der Waals surface area contributed by atoms with Gasteiger partial charge in [0.15, 0.2) is 6.61 Å². The van der Waals surface area contributed by atoms with Crippen LogP contribution in [0.25, 0.3) is 10.8 Å². The van der Waals surface area contributed by atoms with Gasteiger partial charge in [0.05, 0.1) is 31.5 Å². The van der Waals surface area contributed by atoms with Crippen molar-refractivity contribution < 1.29 is 28.6 Å². The summed E-state index contributed by atoms with van der Waals surface area (Å²) >= 11 is 0. The third kappa shape index (κ3) is 4.74. The Hall–Kier alpha value is -4.07. The van der Waals surface area contributed by atoms with Gasteiger partial charge in [-0.3, -0.25) is 14.4 Å². The summed E-state index contributed by atoms with van der Waals surface area (Å²) < 4.78 is 15.6. The van der Waals surface area contributed by atoms with Gasteiger partial charge in [0, 0.05) is 24.4 Å². The highest BCUT2D eigenvalue weighted by atomic mass is 16.5. The van der Waals surface area contributed by atoms with E-state index in [4.69, 9.17) is 14.2 Å². The first kappa shape index (κ1) is 22.1. The van der Waals surface area contributed by atoms with E-state index in [1.165, 1.54) is 14.2 Å². The Morgan fingerprint density at radius 3 is 2.61 bits per heavy atom. The Labute approximate surface area is 191 Å². The molecule has 0 aromatic heterocycles. The summed E-state index contributed by atoms with van der Waals surface area (Å²) in [5.41, 5.74) is 1.19. The fraction of sp³-hybridized carbons (Fsp3) is 0.240. The lowest BCUT2D eigenvalue weighted by Crippen LogP contribution is -2.28. The number of carbonyl (C=O) groups excluding carboxylic acids is 3. The highest BCUT2D eigenvalue weighted by Crippen LogP contribution is 2.32. The van der Waals surface area contributed by atoms with Crippen LogP contribution in [0.2, 0.25) is 0 Å². The van der Waals surface area contributed by atoms with Gasteiger partial charge in [-0.25, -0.2) is 0 Å². The molecule has 33 heavy (non-hydrogen) atoms. The van der Waals surface area contributed by atoms with Crippen molar-refractivity contribution in [1.29, 1.82) is 0 Å². The van der Waals surface area contributed by atoms with Crippen molar-refractivity contribution in [1.82, 2.24) is 0 Å². The summed E-state index contributed by atoms with van der Waals surface area (Å²) in [5, 5.41) is 4.60. The van der Waals surface area contributed by atoms with Crippen molar-refractivity contribution in [2.24, 2.45) is 5.92 Å². The molecular weight excluding hydrogens is 424 g/mol. The van der Waals surface area contributed by atoms with Gasteiger partial charge in [-0.05, 0) is 23.6 Å². The highest BCUT2D eigenvalue weighted by molar-refractivity contribution is 6.06. The second-order valence-corrected chi connectivity index (χ2v) is 7.63. The van der Waals surface area contributed by atoms with Crippen LogP contribution in [0.1, 0.15) is 6.42 Å². The van der Waals surface area contributed by atoms with E-state index in [0.29, 0.717) is 17.2 Å². The Balaban J connectivity index is 1.37. The number of anilines is 2. The van der Waals surface area contributed by atoms with Gasteiger partial charge >= 0.3 is 5.97 Å². The average molecular weight is 448 g/mol. The molecule has 4 rings (SSSR count). The largest absolute Gasteiger partial charge is 0.497 e. The predicted octanol–water partition coefficient (Wildman–Crippen LogP) is 3.39. The Bertz CT molecular complexity index is 1200. The van der Waals surface area contributed by atoms with Crippen molar-refractivity contribution in [3.63, 3.8) is 0 Å². The van der Waals surface area contributed by atoms with Gasteiger partial charge in [-0.15, -0.1) is 0 Å². The van der Waals surface area contributed by atoms with E-state index < -0.39 is 24.4 Å². The number of nitrogens with zero attached hydrogens (tertiary/aromatic N) is 1. The van der Waals surface area contributed by atoms with Crippen molar-refractivity contribution in [2.45, 2.75) is 6.42 Å². The van der Waals surface area contributed by atoms with E-state index in [1.54, 1.807) is 23.1 Å². The SMILES string of the molecule is COc1ccc(NC(=O)COC(=O)[C@@H]2CC(=O)N(c3cccc4ccccc34)C2)c(OC)c1. The summed E-state index contributed by atoms with van der Waals surface area (Å²) in [6.07, 6.45) is 0.0377. The van der Waals surface area contributed by atoms with Gasteiger partial charge in [0.25, 0.3) is 5.91 Å². The number of hydrogen-bond acceptors (Lipinski definition) is 6. The lowest BCUT2D eigenvalue weighted by Gasteiger charge is -2.19. The van der Waals surface area contributed by atoms with Crippen LogP contribution in [0, 0.1) is 5.92 Å². The maximum atomic E-state index is 12.7. The number of nitrogens with one attached hydrogen (secondary N) is 1. The van der Waals surface area contributed by atoms with E-state index in [-0.39, 0.29) is 18.9 Å². The van der Waals surface area contributed by atoms with Crippen molar-refractivity contribution in [2.75, 3.05) is 37.6 Å². The number of hydrogen-bond donors (Lipinski definition) is 1. The summed E-state index contributed by atoms with van der Waals surface area (Å²) in [5.74, 6) is -0.885. The van der Waals surface area contributed by atoms with Crippen LogP contribution in [0.3, 0.4) is 0 Å². The molecule has 0 spiro atoms. The van der Waals surface area contributed by atoms with E-state index in [9.17, 15) is 14.4 Å². The Morgan fingerprint density at radius 1 is 1.03 bits per heavy atom. The minimum absolute atomic E-state index is 0.0377. The summed E-state index contributed by atoms with van der Waals surface area (Å²) in [6, 6.07) is 18.4. The fourth-order valence-electron chi connectivity index (χ4n) is 3.88. The van der Waals surface area contributed by atoms with Gasteiger partial charge in [-0.2, -0.15) is 0 Å². The molecule has 1 N–H and O–H groups in total. The molecule has 1 heterocycles. The molecule has 0 saturated carbocycles. The molecule has 0 aliphatic carbocycles. The van der Waals surface area contributed by atoms with E-state index in [1.807, 2.05) is 42.5 Å². The first-order valence-corrected chi connectivity index (χ1v) is 10.5. The number of carbonyl (C=O) groups is 3. The third-order valence-electron chi connectivity index (χ3n) is 5.54. The number of ether oxygens (including phenoxy) is 3. The average Bonchev–Trinajstić information content (AvgIpc) is 3.23. The van der Waals surface area contributed by atoms with Crippen molar-refractivity contribution in [3.05, 3.63) is 60.7 Å². The molecule has 1 aliphatic heterocycles. The summed E-state index contributed by atoms with van der Waals surface area (Å²) in [4.78, 5) is 39.1. The molecule has 1 aliphatic rings. The van der Waals surface area contributed by atoms with E-state index >= 15 is 0 Å². The number of benzene rings is 3. The smallest absolute Gasteiger partial charge is 0.311 e. The number of fused-ring (bicyclic) bond motifs is 1. The third-order valence-corrected chi connectivity index (χ3v) is 5.54. The molecule has 1 atom stereocenters. The van der Waals surface area contributed by atoms with Gasteiger partial charge in [0.1, 0.15) is 11.5 Å². The highest BCUT2D eigenvalue weighted by Gasteiger charge is 2.37. The molecule has 3 aromatic rings. The number of rotatable bonds is 7.